The maximum absolute atomic E-state index is 13.5. The van der Waals surface area contributed by atoms with Crippen molar-refractivity contribution >= 4 is 23.0 Å². The first kappa shape index (κ1) is 18.1. The highest BCUT2D eigenvalue weighted by molar-refractivity contribution is 7.09. The minimum atomic E-state index is -0.676. The predicted molar refractivity (Wildman–Crippen MR) is 101 cm³/mol. The molecule has 1 aromatic heterocycles. The van der Waals surface area contributed by atoms with Gasteiger partial charge in [-0.25, -0.2) is 4.39 Å². The van der Waals surface area contributed by atoms with Crippen molar-refractivity contribution < 1.29 is 18.8 Å². The number of nitrogens with zero attached hydrogens (tertiary/aromatic N) is 2. The Morgan fingerprint density at radius 2 is 2.26 bits per heavy atom. The largest absolute Gasteiger partial charge is 0.382 e. The molecule has 7 heteroatoms. The second-order valence-electron chi connectivity index (χ2n) is 6.78. The average Bonchev–Trinajstić information content (AvgIpc) is 3.43. The summed E-state index contributed by atoms with van der Waals surface area (Å²) in [5.74, 6) is -0.434. The van der Waals surface area contributed by atoms with Gasteiger partial charge < -0.3 is 14.5 Å². The highest BCUT2D eigenvalue weighted by Crippen LogP contribution is 2.23. The smallest absolute Gasteiger partial charge is 0.267 e. The summed E-state index contributed by atoms with van der Waals surface area (Å²) in [6.07, 6.45) is 1.72. The molecule has 0 bridgehead atoms. The van der Waals surface area contributed by atoms with Gasteiger partial charge in [-0.2, -0.15) is 0 Å². The number of rotatable bonds is 6. The van der Waals surface area contributed by atoms with Gasteiger partial charge in [0.2, 0.25) is 6.10 Å². The highest BCUT2D eigenvalue weighted by atomic mass is 32.1. The molecule has 0 aliphatic carbocycles. The normalized spacial score (nSPS) is 21.7. The monoisotopic (exact) mass is 388 g/mol. The number of ether oxygens (including phenoxy) is 1. The molecule has 2 aliphatic heterocycles. The van der Waals surface area contributed by atoms with E-state index in [1.807, 2.05) is 17.5 Å². The van der Waals surface area contributed by atoms with Crippen molar-refractivity contribution in [2.75, 3.05) is 13.2 Å². The number of hydrogen-bond acceptors (Lipinski definition) is 5. The van der Waals surface area contributed by atoms with Crippen LogP contribution in [0.4, 0.5) is 4.39 Å². The van der Waals surface area contributed by atoms with Crippen molar-refractivity contribution in [3.8, 4) is 0 Å². The lowest BCUT2D eigenvalue weighted by atomic mass is 10.0. The quantitative estimate of drug-likeness (QED) is 0.760. The van der Waals surface area contributed by atoms with E-state index in [0.717, 1.165) is 24.3 Å². The Hall–Kier alpha value is -2.25. The summed E-state index contributed by atoms with van der Waals surface area (Å²) < 4.78 is 19.2. The van der Waals surface area contributed by atoms with Gasteiger partial charge in [-0.1, -0.05) is 23.4 Å². The molecule has 2 aromatic rings. The first-order valence-corrected chi connectivity index (χ1v) is 9.98. The van der Waals surface area contributed by atoms with Crippen LogP contribution in [0.3, 0.4) is 0 Å². The molecule has 3 heterocycles. The molecule has 0 radical (unpaired) electrons. The van der Waals surface area contributed by atoms with Crippen LogP contribution in [0.2, 0.25) is 0 Å². The number of halogens is 1. The molecule has 0 spiro atoms. The molecule has 1 aromatic carbocycles. The second kappa shape index (κ2) is 8.19. The van der Waals surface area contributed by atoms with Crippen molar-refractivity contribution in [2.45, 2.75) is 38.0 Å². The zero-order valence-corrected chi connectivity index (χ0v) is 15.7. The molecule has 27 heavy (non-hydrogen) atoms. The van der Waals surface area contributed by atoms with E-state index < -0.39 is 6.10 Å². The molecule has 0 saturated carbocycles. The molecular weight excluding hydrogens is 367 g/mol. The van der Waals surface area contributed by atoms with Gasteiger partial charge in [-0.05, 0) is 36.4 Å². The van der Waals surface area contributed by atoms with Crippen LogP contribution in [0.25, 0.3) is 0 Å². The molecule has 1 saturated heterocycles. The number of carbonyl (C=O) groups excluding carboxylic acids is 1. The molecule has 4 rings (SSSR count). The number of thiophene rings is 1. The molecule has 1 fully saturated rings. The number of amides is 1. The molecule has 2 atom stereocenters. The third-order valence-electron chi connectivity index (χ3n) is 4.79. The van der Waals surface area contributed by atoms with E-state index in [1.165, 1.54) is 12.1 Å². The van der Waals surface area contributed by atoms with Gasteiger partial charge in [0, 0.05) is 30.0 Å². The van der Waals surface area contributed by atoms with E-state index in [-0.39, 0.29) is 17.8 Å². The van der Waals surface area contributed by atoms with Crippen molar-refractivity contribution in [1.82, 2.24) is 4.90 Å². The third-order valence-corrected chi connectivity index (χ3v) is 5.65. The van der Waals surface area contributed by atoms with Gasteiger partial charge in [0.1, 0.15) is 5.82 Å². The minimum absolute atomic E-state index is 0.0684. The lowest BCUT2D eigenvalue weighted by molar-refractivity contribution is -0.144. The number of carbonyl (C=O) groups is 1. The van der Waals surface area contributed by atoms with E-state index in [9.17, 15) is 9.18 Å². The molecule has 1 amide bonds. The molecule has 5 nitrogen and oxygen atoms in total. The average molecular weight is 388 g/mol. The lowest BCUT2D eigenvalue weighted by Crippen LogP contribution is -2.42. The molecular formula is C20H21FN2O3S. The van der Waals surface area contributed by atoms with Crippen molar-refractivity contribution in [3.05, 3.63) is 58.0 Å². The Morgan fingerprint density at radius 1 is 1.33 bits per heavy atom. The van der Waals surface area contributed by atoms with Crippen LogP contribution in [0.1, 0.15) is 29.7 Å². The maximum atomic E-state index is 13.5. The summed E-state index contributed by atoms with van der Waals surface area (Å²) >= 11 is 1.62. The van der Waals surface area contributed by atoms with Gasteiger partial charge in [-0.3, -0.25) is 4.79 Å². The van der Waals surface area contributed by atoms with E-state index in [0.29, 0.717) is 30.8 Å². The van der Waals surface area contributed by atoms with Gasteiger partial charge in [0.15, 0.2) is 0 Å². The molecule has 142 valence electrons. The Kier molecular flexibility index (Phi) is 5.50. The lowest BCUT2D eigenvalue weighted by Gasteiger charge is -2.26. The fraction of sp³-hybridized carbons (Fsp3) is 0.400. The molecule has 2 unspecified atom stereocenters. The first-order valence-electron chi connectivity index (χ1n) is 9.10. The van der Waals surface area contributed by atoms with E-state index in [4.69, 9.17) is 9.57 Å². The summed E-state index contributed by atoms with van der Waals surface area (Å²) in [4.78, 5) is 21.4. The van der Waals surface area contributed by atoms with Crippen LogP contribution in [-0.4, -0.2) is 41.9 Å². The Balaban J connectivity index is 1.44. The van der Waals surface area contributed by atoms with Crippen LogP contribution in [0.15, 0.2) is 46.9 Å². The van der Waals surface area contributed by atoms with Crippen LogP contribution < -0.4 is 0 Å². The van der Waals surface area contributed by atoms with Crippen LogP contribution in [0, 0.1) is 5.82 Å². The maximum Gasteiger partial charge on any atom is 0.267 e. The van der Waals surface area contributed by atoms with Gasteiger partial charge in [-0.15, -0.1) is 11.3 Å². The first-order chi connectivity index (χ1) is 13.2. The van der Waals surface area contributed by atoms with Crippen LogP contribution in [-0.2, 0) is 20.9 Å². The van der Waals surface area contributed by atoms with E-state index >= 15 is 0 Å². The predicted octanol–water partition coefficient (Wildman–Crippen LogP) is 3.59. The number of benzene rings is 1. The minimum Gasteiger partial charge on any atom is -0.382 e. The van der Waals surface area contributed by atoms with Crippen LogP contribution in [0.5, 0.6) is 0 Å². The van der Waals surface area contributed by atoms with Crippen molar-refractivity contribution in [1.29, 1.82) is 0 Å². The zero-order chi connectivity index (χ0) is 18.6. The Morgan fingerprint density at radius 3 is 3.00 bits per heavy atom. The van der Waals surface area contributed by atoms with E-state index in [2.05, 4.69) is 5.16 Å². The zero-order valence-electron chi connectivity index (χ0n) is 14.8. The SMILES string of the molecule is O=C(C1CC(c2cccc(F)c2)=NO1)N(Cc1cccs1)CC1CCCO1. The summed E-state index contributed by atoms with van der Waals surface area (Å²) in [5.41, 5.74) is 1.25. The summed E-state index contributed by atoms with van der Waals surface area (Å²) in [6, 6.07) is 10.2. The summed E-state index contributed by atoms with van der Waals surface area (Å²) in [6.45, 7) is 1.83. The van der Waals surface area contributed by atoms with Gasteiger partial charge >= 0.3 is 0 Å². The van der Waals surface area contributed by atoms with Crippen molar-refractivity contribution in [2.24, 2.45) is 5.16 Å². The highest BCUT2D eigenvalue weighted by Gasteiger charge is 2.34. The van der Waals surface area contributed by atoms with E-state index in [1.54, 1.807) is 28.4 Å². The fourth-order valence-corrected chi connectivity index (χ4v) is 4.13. The number of oxime groups is 1. The third kappa shape index (κ3) is 4.36. The van der Waals surface area contributed by atoms with Crippen LogP contribution >= 0.6 is 11.3 Å². The van der Waals surface area contributed by atoms with Gasteiger partial charge in [0.25, 0.3) is 5.91 Å². The van der Waals surface area contributed by atoms with Crippen molar-refractivity contribution in [3.63, 3.8) is 0 Å². The summed E-state index contributed by atoms with van der Waals surface area (Å²) in [7, 11) is 0. The number of hydrogen-bond donors (Lipinski definition) is 0. The standard InChI is InChI=1S/C20H21FN2O3S/c21-15-5-1-4-14(10-15)18-11-19(26-22-18)20(24)23(12-16-6-2-8-25-16)13-17-7-3-9-27-17/h1,3-5,7,9-10,16,19H,2,6,8,11-13H2. The fourth-order valence-electron chi connectivity index (χ4n) is 3.41. The molecule has 2 aliphatic rings. The topological polar surface area (TPSA) is 51.1 Å². The second-order valence-corrected chi connectivity index (χ2v) is 7.81. The Bertz CT molecular complexity index is 818. The Labute approximate surface area is 161 Å². The molecule has 0 N–H and O–H groups in total. The summed E-state index contributed by atoms with van der Waals surface area (Å²) in [5, 5.41) is 6.04. The van der Waals surface area contributed by atoms with Gasteiger partial charge in [0.05, 0.1) is 18.4 Å².